The summed E-state index contributed by atoms with van der Waals surface area (Å²) in [4.78, 5) is 0.00367. The van der Waals surface area contributed by atoms with E-state index in [1.54, 1.807) is 18.2 Å². The minimum atomic E-state index is -3.69. The van der Waals surface area contributed by atoms with Crippen LogP contribution in [0.1, 0.15) is 11.1 Å². The highest BCUT2D eigenvalue weighted by Gasteiger charge is 2.20. The third-order valence-electron chi connectivity index (χ3n) is 2.87. The van der Waals surface area contributed by atoms with E-state index in [1.807, 2.05) is 0 Å². The van der Waals surface area contributed by atoms with Crippen LogP contribution in [-0.4, -0.2) is 8.42 Å². The van der Waals surface area contributed by atoms with E-state index in [0.717, 1.165) is 0 Å². The Morgan fingerprint density at radius 1 is 1.15 bits per heavy atom. The lowest BCUT2D eigenvalue weighted by molar-refractivity contribution is 0.586. The van der Waals surface area contributed by atoms with Crippen LogP contribution in [0.25, 0.3) is 0 Å². The molecule has 0 saturated heterocycles. The van der Waals surface area contributed by atoms with Crippen molar-refractivity contribution in [1.82, 2.24) is 0 Å². The van der Waals surface area contributed by atoms with Crippen LogP contribution in [-0.2, 0) is 22.1 Å². The highest BCUT2D eigenvalue weighted by molar-refractivity contribution is 7.90. The van der Waals surface area contributed by atoms with E-state index in [0.29, 0.717) is 5.56 Å². The lowest BCUT2D eigenvalue weighted by atomic mass is 10.1. The van der Waals surface area contributed by atoms with Gasteiger partial charge in [0.15, 0.2) is 9.84 Å². The van der Waals surface area contributed by atoms with Gasteiger partial charge in [-0.05, 0) is 23.8 Å². The van der Waals surface area contributed by atoms with Gasteiger partial charge in [0.1, 0.15) is 5.82 Å². The largest absolute Gasteiger partial charge is 0.326 e. The van der Waals surface area contributed by atoms with Crippen LogP contribution in [0.15, 0.2) is 47.4 Å². The van der Waals surface area contributed by atoms with Crippen LogP contribution in [0.2, 0.25) is 5.02 Å². The molecule has 0 heterocycles. The number of hydrogen-bond donors (Lipinski definition) is 1. The van der Waals surface area contributed by atoms with Crippen LogP contribution < -0.4 is 5.73 Å². The first-order valence-electron chi connectivity index (χ1n) is 5.88. The van der Waals surface area contributed by atoms with Gasteiger partial charge >= 0.3 is 0 Å². The molecule has 0 bridgehead atoms. The van der Waals surface area contributed by atoms with Gasteiger partial charge in [-0.3, -0.25) is 0 Å². The van der Waals surface area contributed by atoms with E-state index < -0.39 is 21.4 Å². The second-order valence-corrected chi connectivity index (χ2v) is 6.68. The second-order valence-electron chi connectivity index (χ2n) is 4.32. The summed E-state index contributed by atoms with van der Waals surface area (Å²) in [6, 6.07) is 10.4. The van der Waals surface area contributed by atoms with Gasteiger partial charge in [0.2, 0.25) is 0 Å². The summed E-state index contributed by atoms with van der Waals surface area (Å²) in [6.07, 6.45) is 0. The fourth-order valence-electron chi connectivity index (χ4n) is 1.81. The van der Waals surface area contributed by atoms with Gasteiger partial charge in [0, 0.05) is 12.1 Å². The van der Waals surface area contributed by atoms with Gasteiger partial charge in [-0.15, -0.1) is 0 Å². The summed E-state index contributed by atoms with van der Waals surface area (Å²) in [5, 5.41) is 0.131. The fourth-order valence-corrected chi connectivity index (χ4v) is 3.75. The molecule has 0 spiro atoms. The summed E-state index contributed by atoms with van der Waals surface area (Å²) in [5.41, 5.74) is 6.12. The van der Waals surface area contributed by atoms with E-state index in [2.05, 4.69) is 0 Å². The van der Waals surface area contributed by atoms with Crippen molar-refractivity contribution in [3.63, 3.8) is 0 Å². The average Bonchev–Trinajstić information content (AvgIpc) is 2.41. The van der Waals surface area contributed by atoms with Gasteiger partial charge in [-0.2, -0.15) is 0 Å². The molecule has 0 aliphatic carbocycles. The lowest BCUT2D eigenvalue weighted by Crippen LogP contribution is -2.08. The predicted molar refractivity (Wildman–Crippen MR) is 76.6 cm³/mol. The van der Waals surface area contributed by atoms with Crippen molar-refractivity contribution in [2.75, 3.05) is 0 Å². The van der Waals surface area contributed by atoms with Crippen molar-refractivity contribution >= 4 is 21.4 Å². The van der Waals surface area contributed by atoms with Crippen LogP contribution in [0, 0.1) is 5.82 Å². The van der Waals surface area contributed by atoms with Gasteiger partial charge in [-0.1, -0.05) is 35.9 Å². The molecule has 2 aromatic rings. The maximum Gasteiger partial charge on any atom is 0.184 e. The molecule has 6 heteroatoms. The number of sulfone groups is 1. The molecule has 2 N–H and O–H groups in total. The summed E-state index contributed by atoms with van der Waals surface area (Å²) in [6.45, 7) is 0.203. The normalized spacial score (nSPS) is 11.6. The summed E-state index contributed by atoms with van der Waals surface area (Å²) < 4.78 is 38.3. The minimum Gasteiger partial charge on any atom is -0.326 e. The zero-order valence-corrected chi connectivity index (χ0v) is 12.1. The SMILES string of the molecule is NCc1ccc(CS(=O)(=O)c2ccccc2Cl)c(F)c1. The van der Waals surface area contributed by atoms with Gasteiger partial charge in [0.05, 0.1) is 15.7 Å². The van der Waals surface area contributed by atoms with Gasteiger partial charge < -0.3 is 5.73 Å². The summed E-state index contributed by atoms with van der Waals surface area (Å²) in [7, 11) is -3.69. The maximum atomic E-state index is 13.8. The van der Waals surface area contributed by atoms with Crippen molar-refractivity contribution in [3.8, 4) is 0 Å². The minimum absolute atomic E-state index is 0.00367. The molecule has 20 heavy (non-hydrogen) atoms. The summed E-state index contributed by atoms with van der Waals surface area (Å²) >= 11 is 5.87. The average molecular weight is 314 g/mol. The van der Waals surface area contributed by atoms with Crippen LogP contribution in [0.3, 0.4) is 0 Å². The number of rotatable bonds is 4. The molecule has 0 fully saturated rings. The quantitative estimate of drug-likeness (QED) is 0.944. The Morgan fingerprint density at radius 2 is 1.85 bits per heavy atom. The standard InChI is InChI=1S/C14H13ClFNO2S/c15-12-3-1-2-4-14(12)20(18,19)9-11-6-5-10(8-17)7-13(11)16/h1-7H,8-9,17H2. The Bertz CT molecular complexity index is 732. The predicted octanol–water partition coefficient (Wildman–Crippen LogP) is 2.91. The van der Waals surface area contributed by atoms with E-state index in [4.69, 9.17) is 17.3 Å². The molecule has 0 saturated carbocycles. The Kier molecular flexibility index (Phi) is 4.42. The first-order chi connectivity index (χ1) is 9.44. The zero-order chi connectivity index (χ0) is 14.8. The molecule has 3 nitrogen and oxygen atoms in total. The molecule has 2 rings (SSSR count). The molecule has 106 valence electrons. The van der Waals surface area contributed by atoms with Crippen molar-refractivity contribution < 1.29 is 12.8 Å². The molecular weight excluding hydrogens is 301 g/mol. The fraction of sp³-hybridized carbons (Fsp3) is 0.143. The number of benzene rings is 2. The Hall–Kier alpha value is -1.43. The van der Waals surface area contributed by atoms with E-state index >= 15 is 0 Å². The van der Waals surface area contributed by atoms with Gasteiger partial charge in [0.25, 0.3) is 0 Å². The van der Waals surface area contributed by atoms with Crippen molar-refractivity contribution in [2.45, 2.75) is 17.2 Å². The molecule has 0 amide bonds. The van der Waals surface area contributed by atoms with E-state index in [-0.39, 0.29) is 22.0 Å². The van der Waals surface area contributed by atoms with Crippen LogP contribution in [0.4, 0.5) is 4.39 Å². The molecule has 0 atom stereocenters. The Morgan fingerprint density at radius 3 is 2.45 bits per heavy atom. The molecule has 0 radical (unpaired) electrons. The van der Waals surface area contributed by atoms with Crippen LogP contribution >= 0.6 is 11.6 Å². The first-order valence-corrected chi connectivity index (χ1v) is 7.92. The molecular formula is C14H13ClFNO2S. The van der Waals surface area contributed by atoms with Gasteiger partial charge in [-0.25, -0.2) is 12.8 Å². The highest BCUT2D eigenvalue weighted by atomic mass is 35.5. The topological polar surface area (TPSA) is 60.2 Å². The third kappa shape index (κ3) is 3.17. The molecule has 0 aromatic heterocycles. The number of hydrogen-bond acceptors (Lipinski definition) is 3. The number of halogens is 2. The molecule has 0 aliphatic rings. The molecule has 0 unspecified atom stereocenters. The Balaban J connectivity index is 2.36. The summed E-state index contributed by atoms with van der Waals surface area (Å²) in [5.74, 6) is -1.02. The van der Waals surface area contributed by atoms with E-state index in [9.17, 15) is 12.8 Å². The van der Waals surface area contributed by atoms with E-state index in [1.165, 1.54) is 24.3 Å². The van der Waals surface area contributed by atoms with Crippen molar-refractivity contribution in [3.05, 3.63) is 64.4 Å². The smallest absolute Gasteiger partial charge is 0.184 e. The Labute approximate surface area is 122 Å². The molecule has 2 aromatic carbocycles. The van der Waals surface area contributed by atoms with Crippen molar-refractivity contribution in [1.29, 1.82) is 0 Å². The lowest BCUT2D eigenvalue weighted by Gasteiger charge is -2.08. The highest BCUT2D eigenvalue weighted by Crippen LogP contribution is 2.25. The monoisotopic (exact) mass is 313 g/mol. The number of nitrogens with two attached hydrogens (primary N) is 1. The second kappa shape index (κ2) is 5.91. The van der Waals surface area contributed by atoms with Crippen LogP contribution in [0.5, 0.6) is 0 Å². The zero-order valence-electron chi connectivity index (χ0n) is 10.5. The first kappa shape index (κ1) is 15.0. The maximum absolute atomic E-state index is 13.8. The third-order valence-corrected chi connectivity index (χ3v) is 5.03. The van der Waals surface area contributed by atoms with Crippen molar-refractivity contribution in [2.24, 2.45) is 5.73 Å². The molecule has 0 aliphatic heterocycles.